The van der Waals surface area contributed by atoms with E-state index in [1.54, 1.807) is 6.33 Å². The van der Waals surface area contributed by atoms with Crippen molar-refractivity contribution in [3.05, 3.63) is 48.4 Å². The summed E-state index contributed by atoms with van der Waals surface area (Å²) in [5.41, 5.74) is 3.19. The van der Waals surface area contributed by atoms with Crippen LogP contribution in [0.25, 0.3) is 22.3 Å². The standard InChI is InChI=1S/C21H22N6O3/c28-21(29)26-5-3-15(4-6-26)16-1-2-17-13-24-27(18(17)11-16)20-12-19(22-14-23-20)25-7-9-30-10-8-25/h1-3,11-14H,4-10H2,(H,28,29). The molecular formula is C21H22N6O3. The third-order valence-corrected chi connectivity index (χ3v) is 5.61. The lowest BCUT2D eigenvalue weighted by Crippen LogP contribution is -2.36. The number of hydrogen-bond donors (Lipinski definition) is 1. The van der Waals surface area contributed by atoms with Gasteiger partial charge in [-0.15, -0.1) is 0 Å². The van der Waals surface area contributed by atoms with Crippen LogP contribution in [0.2, 0.25) is 0 Å². The number of amides is 1. The Morgan fingerprint density at radius 1 is 1.07 bits per heavy atom. The molecule has 9 nitrogen and oxygen atoms in total. The van der Waals surface area contributed by atoms with Gasteiger partial charge in [-0.2, -0.15) is 5.10 Å². The molecule has 4 heterocycles. The average molecular weight is 406 g/mol. The third kappa shape index (κ3) is 3.48. The molecule has 2 aromatic heterocycles. The Balaban J connectivity index is 1.48. The normalized spacial score (nSPS) is 17.3. The molecule has 1 fully saturated rings. The van der Waals surface area contributed by atoms with Crippen molar-refractivity contribution >= 4 is 28.4 Å². The summed E-state index contributed by atoms with van der Waals surface area (Å²) < 4.78 is 7.26. The second-order valence-corrected chi connectivity index (χ2v) is 7.37. The fraction of sp³-hybridized carbons (Fsp3) is 0.333. The Labute approximate surface area is 173 Å². The monoisotopic (exact) mass is 406 g/mol. The summed E-state index contributed by atoms with van der Waals surface area (Å²) in [5, 5.41) is 14.7. The molecule has 0 aliphatic carbocycles. The largest absolute Gasteiger partial charge is 0.465 e. The first-order chi connectivity index (χ1) is 14.7. The number of fused-ring (bicyclic) bond motifs is 1. The highest BCUT2D eigenvalue weighted by Gasteiger charge is 2.18. The summed E-state index contributed by atoms with van der Waals surface area (Å²) in [4.78, 5) is 23.6. The van der Waals surface area contributed by atoms with E-state index in [4.69, 9.17) is 9.84 Å². The van der Waals surface area contributed by atoms with E-state index in [2.05, 4.69) is 32.1 Å². The Morgan fingerprint density at radius 2 is 1.90 bits per heavy atom. The smallest absolute Gasteiger partial charge is 0.407 e. The zero-order valence-corrected chi connectivity index (χ0v) is 16.4. The van der Waals surface area contributed by atoms with Crippen LogP contribution in [0.3, 0.4) is 0 Å². The molecular weight excluding hydrogens is 384 g/mol. The lowest BCUT2D eigenvalue weighted by atomic mass is 9.99. The number of morpholine rings is 1. The Kier molecular flexibility index (Phi) is 4.80. The number of benzene rings is 1. The van der Waals surface area contributed by atoms with Crippen LogP contribution in [0, 0.1) is 0 Å². The number of hydrogen-bond acceptors (Lipinski definition) is 6. The first-order valence-electron chi connectivity index (χ1n) is 9.99. The van der Waals surface area contributed by atoms with Gasteiger partial charge in [-0.3, -0.25) is 0 Å². The topological polar surface area (TPSA) is 96.6 Å². The SMILES string of the molecule is O=C(O)N1CC=C(c2ccc3cnn(-c4cc(N5CCOCC5)ncn4)c3c2)CC1. The van der Waals surface area contributed by atoms with Gasteiger partial charge in [-0.05, 0) is 23.6 Å². The van der Waals surface area contributed by atoms with Gasteiger partial charge in [-0.25, -0.2) is 19.4 Å². The number of carboxylic acid groups (broad SMARTS) is 1. The van der Waals surface area contributed by atoms with Crippen molar-refractivity contribution in [3.63, 3.8) is 0 Å². The zero-order valence-electron chi connectivity index (χ0n) is 16.4. The fourth-order valence-electron chi connectivity index (χ4n) is 3.92. The predicted molar refractivity (Wildman–Crippen MR) is 112 cm³/mol. The number of aromatic nitrogens is 4. The first-order valence-corrected chi connectivity index (χ1v) is 9.99. The Morgan fingerprint density at radius 3 is 2.67 bits per heavy atom. The molecule has 0 bridgehead atoms. The number of ether oxygens (including phenoxy) is 1. The van der Waals surface area contributed by atoms with Crippen LogP contribution in [-0.2, 0) is 4.74 Å². The predicted octanol–water partition coefficient (Wildman–Crippen LogP) is 2.42. The maximum absolute atomic E-state index is 11.1. The molecule has 0 unspecified atom stereocenters. The van der Waals surface area contributed by atoms with Gasteiger partial charge in [0.1, 0.15) is 12.1 Å². The zero-order chi connectivity index (χ0) is 20.5. The molecule has 0 radical (unpaired) electrons. The lowest BCUT2D eigenvalue weighted by molar-refractivity contribution is 0.122. The van der Waals surface area contributed by atoms with E-state index in [1.807, 2.05) is 29.1 Å². The molecule has 154 valence electrons. The molecule has 0 atom stereocenters. The highest BCUT2D eigenvalue weighted by molar-refractivity contribution is 5.85. The van der Waals surface area contributed by atoms with E-state index in [0.717, 1.165) is 40.9 Å². The molecule has 0 saturated carbocycles. The van der Waals surface area contributed by atoms with Crippen LogP contribution in [0.4, 0.5) is 10.6 Å². The summed E-state index contributed by atoms with van der Waals surface area (Å²) in [6, 6.07) is 8.16. The molecule has 0 spiro atoms. The van der Waals surface area contributed by atoms with Crippen molar-refractivity contribution < 1.29 is 14.6 Å². The summed E-state index contributed by atoms with van der Waals surface area (Å²) in [7, 11) is 0. The van der Waals surface area contributed by atoms with Crippen LogP contribution in [0.5, 0.6) is 0 Å². The van der Waals surface area contributed by atoms with Crippen molar-refractivity contribution in [2.24, 2.45) is 0 Å². The molecule has 3 aromatic rings. The molecule has 2 aliphatic rings. The van der Waals surface area contributed by atoms with E-state index in [1.165, 1.54) is 4.90 Å². The van der Waals surface area contributed by atoms with E-state index < -0.39 is 6.09 Å². The van der Waals surface area contributed by atoms with Gasteiger partial charge >= 0.3 is 6.09 Å². The average Bonchev–Trinajstić information content (AvgIpc) is 3.23. The van der Waals surface area contributed by atoms with E-state index >= 15 is 0 Å². The number of nitrogens with zero attached hydrogens (tertiary/aromatic N) is 6. The Bertz CT molecular complexity index is 1120. The van der Waals surface area contributed by atoms with Crippen LogP contribution in [0.1, 0.15) is 12.0 Å². The second kappa shape index (κ2) is 7.75. The first kappa shape index (κ1) is 18.6. The van der Waals surface area contributed by atoms with Gasteiger partial charge in [0.2, 0.25) is 0 Å². The highest BCUT2D eigenvalue weighted by atomic mass is 16.5. The molecule has 2 aliphatic heterocycles. The van der Waals surface area contributed by atoms with Gasteiger partial charge in [0, 0.05) is 37.6 Å². The van der Waals surface area contributed by atoms with Crippen molar-refractivity contribution in [2.45, 2.75) is 6.42 Å². The maximum atomic E-state index is 11.1. The molecule has 1 N–H and O–H groups in total. The molecule has 5 rings (SSSR count). The van der Waals surface area contributed by atoms with Crippen LogP contribution in [-0.4, -0.2) is 75.2 Å². The number of anilines is 1. The van der Waals surface area contributed by atoms with Gasteiger partial charge in [0.05, 0.1) is 24.9 Å². The van der Waals surface area contributed by atoms with Crippen LogP contribution < -0.4 is 4.90 Å². The summed E-state index contributed by atoms with van der Waals surface area (Å²) in [6.45, 7) is 3.93. The van der Waals surface area contributed by atoms with Crippen LogP contribution in [0.15, 0.2) is 42.9 Å². The van der Waals surface area contributed by atoms with Crippen molar-refractivity contribution in [1.29, 1.82) is 0 Å². The van der Waals surface area contributed by atoms with Crippen molar-refractivity contribution in [1.82, 2.24) is 24.6 Å². The minimum atomic E-state index is -0.876. The van der Waals surface area contributed by atoms with E-state index in [9.17, 15) is 4.79 Å². The number of carbonyl (C=O) groups is 1. The minimum absolute atomic E-state index is 0.413. The van der Waals surface area contributed by atoms with Crippen molar-refractivity contribution in [2.75, 3.05) is 44.3 Å². The fourth-order valence-corrected chi connectivity index (χ4v) is 3.92. The molecule has 30 heavy (non-hydrogen) atoms. The van der Waals surface area contributed by atoms with Gasteiger partial charge in [-0.1, -0.05) is 18.2 Å². The Hall–Kier alpha value is -3.46. The minimum Gasteiger partial charge on any atom is -0.465 e. The van der Waals surface area contributed by atoms with Gasteiger partial charge < -0.3 is 19.6 Å². The molecule has 1 amide bonds. The highest BCUT2D eigenvalue weighted by Crippen LogP contribution is 2.27. The van der Waals surface area contributed by atoms with Crippen molar-refractivity contribution in [3.8, 4) is 5.82 Å². The van der Waals surface area contributed by atoms with Gasteiger partial charge in [0.15, 0.2) is 5.82 Å². The van der Waals surface area contributed by atoms with E-state index in [-0.39, 0.29) is 0 Å². The number of rotatable bonds is 3. The summed E-state index contributed by atoms with van der Waals surface area (Å²) in [5.74, 6) is 1.58. The summed E-state index contributed by atoms with van der Waals surface area (Å²) >= 11 is 0. The van der Waals surface area contributed by atoms with Crippen LogP contribution >= 0.6 is 0 Å². The maximum Gasteiger partial charge on any atom is 0.407 e. The molecule has 1 aromatic carbocycles. The molecule has 1 saturated heterocycles. The van der Waals surface area contributed by atoms with Gasteiger partial charge in [0.25, 0.3) is 0 Å². The lowest BCUT2D eigenvalue weighted by Gasteiger charge is -2.27. The summed E-state index contributed by atoms with van der Waals surface area (Å²) in [6.07, 6.45) is 5.21. The molecule has 9 heteroatoms. The second-order valence-electron chi connectivity index (χ2n) is 7.37. The quantitative estimate of drug-likeness (QED) is 0.713. The third-order valence-electron chi connectivity index (χ3n) is 5.61. The van der Waals surface area contributed by atoms with E-state index in [0.29, 0.717) is 38.5 Å².